The Kier molecular flexibility index (Phi) is 5.37. The lowest BCUT2D eigenvalue weighted by molar-refractivity contribution is -0.139. The standard InChI is InChI=1S/C13H16N4O5S/c1-7(11(20)17-4-3-14-13(17)21)23-12-15-8(5-9(18)16-12)6-10(19)22-2/h5,7H,3-4,6H2,1-2H3,(H,14,21)(H,15,16,18)/t7-/m0/s1. The summed E-state index contributed by atoms with van der Waals surface area (Å²) in [4.78, 5) is 54.3. The van der Waals surface area contributed by atoms with Gasteiger partial charge in [-0.3, -0.25) is 19.3 Å². The number of nitrogens with zero attached hydrogens (tertiary/aromatic N) is 2. The van der Waals surface area contributed by atoms with Gasteiger partial charge in [-0.25, -0.2) is 9.78 Å². The van der Waals surface area contributed by atoms with E-state index in [-0.39, 0.29) is 23.2 Å². The van der Waals surface area contributed by atoms with Crippen molar-refractivity contribution in [1.29, 1.82) is 0 Å². The molecule has 2 rings (SSSR count). The number of thioether (sulfide) groups is 1. The summed E-state index contributed by atoms with van der Waals surface area (Å²) in [6.45, 7) is 2.35. The number of H-pyrrole nitrogens is 1. The van der Waals surface area contributed by atoms with Crippen LogP contribution in [0.3, 0.4) is 0 Å². The third kappa shape index (κ3) is 4.31. The number of rotatable bonds is 5. The van der Waals surface area contributed by atoms with Gasteiger partial charge in [-0.2, -0.15) is 0 Å². The van der Waals surface area contributed by atoms with E-state index < -0.39 is 22.8 Å². The van der Waals surface area contributed by atoms with E-state index in [4.69, 9.17) is 0 Å². The van der Waals surface area contributed by atoms with Gasteiger partial charge >= 0.3 is 12.0 Å². The Morgan fingerprint density at radius 1 is 1.48 bits per heavy atom. The van der Waals surface area contributed by atoms with E-state index in [0.717, 1.165) is 16.7 Å². The fraction of sp³-hybridized carbons (Fsp3) is 0.462. The number of nitrogens with one attached hydrogen (secondary N) is 2. The second-order valence-electron chi connectivity index (χ2n) is 4.78. The Morgan fingerprint density at radius 3 is 2.83 bits per heavy atom. The van der Waals surface area contributed by atoms with Crippen molar-refractivity contribution in [3.8, 4) is 0 Å². The van der Waals surface area contributed by atoms with Crippen molar-refractivity contribution in [2.45, 2.75) is 23.8 Å². The molecular weight excluding hydrogens is 324 g/mol. The van der Waals surface area contributed by atoms with E-state index in [9.17, 15) is 19.2 Å². The number of aromatic amines is 1. The molecule has 1 aliphatic heterocycles. The molecule has 1 atom stereocenters. The zero-order valence-corrected chi connectivity index (χ0v) is 13.4. The molecule has 1 aliphatic rings. The third-order valence-corrected chi connectivity index (χ3v) is 4.06. The van der Waals surface area contributed by atoms with Crippen molar-refractivity contribution in [1.82, 2.24) is 20.2 Å². The maximum Gasteiger partial charge on any atom is 0.324 e. The fourth-order valence-electron chi connectivity index (χ4n) is 1.97. The number of esters is 1. The molecule has 124 valence electrons. The van der Waals surface area contributed by atoms with Crippen LogP contribution in [0.2, 0.25) is 0 Å². The van der Waals surface area contributed by atoms with Gasteiger partial charge in [0.2, 0.25) is 5.91 Å². The molecule has 0 aliphatic carbocycles. The lowest BCUT2D eigenvalue weighted by Gasteiger charge is -2.16. The van der Waals surface area contributed by atoms with Crippen LogP contribution in [0.5, 0.6) is 0 Å². The third-order valence-electron chi connectivity index (χ3n) is 3.09. The highest BCUT2D eigenvalue weighted by atomic mass is 32.2. The highest BCUT2D eigenvalue weighted by molar-refractivity contribution is 8.00. The smallest absolute Gasteiger partial charge is 0.324 e. The van der Waals surface area contributed by atoms with Gasteiger partial charge in [0.25, 0.3) is 5.56 Å². The molecule has 1 aromatic rings. The van der Waals surface area contributed by atoms with E-state index in [1.54, 1.807) is 6.92 Å². The van der Waals surface area contributed by atoms with Crippen molar-refractivity contribution < 1.29 is 19.1 Å². The number of ether oxygens (including phenoxy) is 1. The number of carbonyl (C=O) groups is 3. The maximum absolute atomic E-state index is 12.2. The van der Waals surface area contributed by atoms with Gasteiger partial charge in [0, 0.05) is 19.2 Å². The molecule has 23 heavy (non-hydrogen) atoms. The van der Waals surface area contributed by atoms with Crippen LogP contribution < -0.4 is 10.9 Å². The first-order valence-corrected chi connectivity index (χ1v) is 7.71. The normalized spacial score (nSPS) is 15.2. The number of urea groups is 1. The molecule has 0 bridgehead atoms. The van der Waals surface area contributed by atoms with Crippen molar-refractivity contribution in [3.05, 3.63) is 22.1 Å². The van der Waals surface area contributed by atoms with Crippen molar-refractivity contribution in [3.63, 3.8) is 0 Å². The first-order valence-electron chi connectivity index (χ1n) is 6.83. The summed E-state index contributed by atoms with van der Waals surface area (Å²) in [5.74, 6) is -0.886. The van der Waals surface area contributed by atoms with Crippen LogP contribution in [0.4, 0.5) is 4.79 Å². The molecule has 1 aromatic heterocycles. The van der Waals surface area contributed by atoms with Crippen LogP contribution in [0.25, 0.3) is 0 Å². The van der Waals surface area contributed by atoms with Gasteiger partial charge in [-0.1, -0.05) is 11.8 Å². The summed E-state index contributed by atoms with van der Waals surface area (Å²) < 4.78 is 4.53. The summed E-state index contributed by atoms with van der Waals surface area (Å²) in [6.07, 6.45) is -0.134. The lowest BCUT2D eigenvalue weighted by Crippen LogP contribution is -2.39. The Morgan fingerprint density at radius 2 is 2.22 bits per heavy atom. The van der Waals surface area contributed by atoms with E-state index >= 15 is 0 Å². The molecule has 10 heteroatoms. The van der Waals surface area contributed by atoms with Crippen molar-refractivity contribution >= 4 is 29.7 Å². The topological polar surface area (TPSA) is 121 Å². The van der Waals surface area contributed by atoms with E-state index in [0.29, 0.717) is 13.1 Å². The summed E-state index contributed by atoms with van der Waals surface area (Å²) >= 11 is 1.01. The van der Waals surface area contributed by atoms with Gasteiger partial charge < -0.3 is 15.0 Å². The van der Waals surface area contributed by atoms with Crippen LogP contribution in [0.15, 0.2) is 16.0 Å². The Balaban J connectivity index is 2.09. The predicted octanol–water partition coefficient (Wildman–Crippen LogP) is -0.482. The van der Waals surface area contributed by atoms with Crippen LogP contribution in [0.1, 0.15) is 12.6 Å². The van der Waals surface area contributed by atoms with Crippen LogP contribution >= 0.6 is 11.8 Å². The number of aromatic nitrogens is 2. The second kappa shape index (κ2) is 7.27. The highest BCUT2D eigenvalue weighted by Gasteiger charge is 2.30. The monoisotopic (exact) mass is 340 g/mol. The van der Waals surface area contributed by atoms with Gasteiger partial charge in [0.05, 0.1) is 24.5 Å². The second-order valence-corrected chi connectivity index (χ2v) is 6.11. The first kappa shape index (κ1) is 17.0. The zero-order valence-electron chi connectivity index (χ0n) is 12.6. The number of hydrogen-bond donors (Lipinski definition) is 2. The summed E-state index contributed by atoms with van der Waals surface area (Å²) in [5.41, 5.74) is -0.179. The Bertz CT molecular complexity index is 689. The van der Waals surface area contributed by atoms with Gasteiger partial charge in [0.15, 0.2) is 5.16 Å². The average Bonchev–Trinajstić information content (AvgIpc) is 2.91. The Labute approximate surface area is 135 Å². The number of hydrogen-bond acceptors (Lipinski definition) is 7. The summed E-state index contributed by atoms with van der Waals surface area (Å²) in [5, 5.41) is 2.14. The van der Waals surface area contributed by atoms with Crippen LogP contribution in [-0.4, -0.2) is 58.2 Å². The highest BCUT2D eigenvalue weighted by Crippen LogP contribution is 2.21. The molecule has 0 unspecified atom stereocenters. The molecule has 2 N–H and O–H groups in total. The van der Waals surface area contributed by atoms with E-state index in [2.05, 4.69) is 20.0 Å². The fourth-order valence-corrected chi connectivity index (χ4v) is 2.86. The largest absolute Gasteiger partial charge is 0.469 e. The minimum atomic E-state index is -0.615. The van der Waals surface area contributed by atoms with Crippen LogP contribution in [-0.2, 0) is 20.7 Å². The number of methoxy groups -OCH3 is 1. The molecule has 0 spiro atoms. The molecular formula is C13H16N4O5S. The SMILES string of the molecule is COC(=O)Cc1cc(=O)[nH]c(S[C@@H](C)C(=O)N2CCNC2=O)n1. The van der Waals surface area contributed by atoms with Gasteiger partial charge in [0.1, 0.15) is 0 Å². The molecule has 9 nitrogen and oxygen atoms in total. The zero-order chi connectivity index (χ0) is 17.0. The maximum atomic E-state index is 12.2. The minimum Gasteiger partial charge on any atom is -0.469 e. The number of imide groups is 1. The van der Waals surface area contributed by atoms with E-state index in [1.165, 1.54) is 13.2 Å². The van der Waals surface area contributed by atoms with E-state index in [1.807, 2.05) is 0 Å². The molecule has 1 fully saturated rings. The minimum absolute atomic E-state index is 0.134. The first-order chi connectivity index (χ1) is 10.9. The molecule has 0 aromatic carbocycles. The van der Waals surface area contributed by atoms with Crippen molar-refractivity contribution in [2.24, 2.45) is 0 Å². The molecule has 2 heterocycles. The lowest BCUT2D eigenvalue weighted by atomic mass is 10.3. The predicted molar refractivity (Wildman–Crippen MR) is 81.0 cm³/mol. The quantitative estimate of drug-likeness (QED) is 0.422. The van der Waals surface area contributed by atoms with Gasteiger partial charge in [-0.05, 0) is 6.92 Å². The molecule has 0 radical (unpaired) electrons. The van der Waals surface area contributed by atoms with Crippen molar-refractivity contribution in [2.75, 3.05) is 20.2 Å². The average molecular weight is 340 g/mol. The number of amides is 3. The molecule has 0 saturated carbocycles. The summed E-state index contributed by atoms with van der Waals surface area (Å²) in [6, 6.07) is 0.768. The molecule has 1 saturated heterocycles. The Hall–Kier alpha value is -2.36. The van der Waals surface area contributed by atoms with Crippen LogP contribution in [0, 0.1) is 0 Å². The van der Waals surface area contributed by atoms with Gasteiger partial charge in [-0.15, -0.1) is 0 Å². The summed E-state index contributed by atoms with van der Waals surface area (Å²) in [7, 11) is 1.24. The number of carbonyl (C=O) groups excluding carboxylic acids is 3. The molecule has 3 amide bonds.